The van der Waals surface area contributed by atoms with Crippen LogP contribution < -0.4 is 20.1 Å². The molecule has 1 aromatic rings. The van der Waals surface area contributed by atoms with Crippen LogP contribution in [0, 0.1) is 0 Å². The molecule has 2 N–H and O–H groups in total. The molecule has 1 rings (SSSR count). The molecule has 0 aromatic heterocycles. The lowest BCUT2D eigenvalue weighted by molar-refractivity contribution is -0.123. The van der Waals surface area contributed by atoms with Gasteiger partial charge < -0.3 is 20.1 Å². The summed E-state index contributed by atoms with van der Waals surface area (Å²) in [5.41, 5.74) is 1.09. The Kier molecular flexibility index (Phi) is 7.61. The molecule has 0 aliphatic rings. The average molecular weight is 294 g/mol. The molecule has 0 radical (unpaired) electrons. The summed E-state index contributed by atoms with van der Waals surface area (Å²) < 4.78 is 10.8. The third-order valence-corrected chi connectivity index (χ3v) is 2.87. The van der Waals surface area contributed by atoms with Gasteiger partial charge in [0.1, 0.15) is 0 Å². The van der Waals surface area contributed by atoms with Crippen molar-refractivity contribution in [3.63, 3.8) is 0 Å². The number of benzene rings is 1. The number of carbonyl (C=O) groups excluding carboxylic acids is 1. The molecule has 0 atom stereocenters. The number of carbonyl (C=O) groups is 1. The number of rotatable bonds is 9. The Morgan fingerprint density at radius 2 is 2.05 bits per heavy atom. The number of ether oxygens (including phenoxy) is 2. The first kappa shape index (κ1) is 17.3. The van der Waals surface area contributed by atoms with E-state index < -0.39 is 0 Å². The van der Waals surface area contributed by atoms with Crippen LogP contribution in [0.5, 0.6) is 11.5 Å². The fourth-order valence-corrected chi connectivity index (χ4v) is 1.72. The second-order valence-electron chi connectivity index (χ2n) is 5.16. The van der Waals surface area contributed by atoms with Gasteiger partial charge in [-0.2, -0.15) is 0 Å². The van der Waals surface area contributed by atoms with E-state index in [0.717, 1.165) is 18.5 Å². The fourth-order valence-electron chi connectivity index (χ4n) is 1.72. The molecule has 0 spiro atoms. The van der Waals surface area contributed by atoms with Gasteiger partial charge in [0.25, 0.3) is 5.91 Å². The van der Waals surface area contributed by atoms with E-state index in [0.29, 0.717) is 24.1 Å². The number of nitrogens with one attached hydrogen (secondary N) is 2. The van der Waals surface area contributed by atoms with Crippen molar-refractivity contribution in [2.75, 3.05) is 20.3 Å². The Balaban J connectivity index is 2.64. The number of methoxy groups -OCH3 is 1. The van der Waals surface area contributed by atoms with Crippen molar-refractivity contribution in [3.05, 3.63) is 23.8 Å². The van der Waals surface area contributed by atoms with Crippen LogP contribution in [0.2, 0.25) is 0 Å². The van der Waals surface area contributed by atoms with E-state index >= 15 is 0 Å². The van der Waals surface area contributed by atoms with E-state index in [4.69, 9.17) is 9.47 Å². The van der Waals surface area contributed by atoms with Crippen LogP contribution in [0.15, 0.2) is 18.2 Å². The van der Waals surface area contributed by atoms with Gasteiger partial charge in [-0.25, -0.2) is 0 Å². The highest BCUT2D eigenvalue weighted by Crippen LogP contribution is 2.28. The summed E-state index contributed by atoms with van der Waals surface area (Å²) in [6.45, 7) is 7.61. The van der Waals surface area contributed by atoms with Gasteiger partial charge in [-0.05, 0) is 24.1 Å². The highest BCUT2D eigenvalue weighted by atomic mass is 16.5. The van der Waals surface area contributed by atoms with Gasteiger partial charge in [0, 0.05) is 19.1 Å². The van der Waals surface area contributed by atoms with Gasteiger partial charge in [-0.15, -0.1) is 0 Å². The van der Waals surface area contributed by atoms with Crippen molar-refractivity contribution in [2.24, 2.45) is 0 Å². The molecule has 0 unspecified atom stereocenters. The summed E-state index contributed by atoms with van der Waals surface area (Å²) in [4.78, 5) is 11.6. The average Bonchev–Trinajstić information content (AvgIpc) is 2.48. The summed E-state index contributed by atoms with van der Waals surface area (Å²) in [6.07, 6.45) is 0.908. The molecule has 5 heteroatoms. The van der Waals surface area contributed by atoms with Gasteiger partial charge in [-0.3, -0.25) is 4.79 Å². The Morgan fingerprint density at radius 3 is 2.67 bits per heavy atom. The first-order valence-corrected chi connectivity index (χ1v) is 7.36. The predicted octanol–water partition coefficient (Wildman–Crippen LogP) is 2.10. The monoisotopic (exact) mass is 294 g/mol. The summed E-state index contributed by atoms with van der Waals surface area (Å²) in [7, 11) is 1.59. The maximum absolute atomic E-state index is 11.6. The second kappa shape index (κ2) is 9.23. The molecular formula is C16H26N2O3. The molecule has 21 heavy (non-hydrogen) atoms. The smallest absolute Gasteiger partial charge is 0.257 e. The van der Waals surface area contributed by atoms with Crippen molar-refractivity contribution >= 4 is 5.91 Å². The first-order chi connectivity index (χ1) is 10.1. The Morgan fingerprint density at radius 1 is 1.29 bits per heavy atom. The standard InChI is InChI=1S/C16H26N2O3/c1-5-8-17-16(19)11-21-15-9-13(10-18-12(2)3)6-7-14(15)20-4/h6-7,9,12,18H,5,8,10-11H2,1-4H3,(H,17,19). The predicted molar refractivity (Wildman–Crippen MR) is 83.8 cm³/mol. The highest BCUT2D eigenvalue weighted by Gasteiger charge is 2.08. The lowest BCUT2D eigenvalue weighted by Crippen LogP contribution is -2.29. The molecule has 1 amide bonds. The Bertz CT molecular complexity index is 447. The van der Waals surface area contributed by atoms with Gasteiger partial charge in [0.2, 0.25) is 0 Å². The molecule has 5 nitrogen and oxygen atoms in total. The number of amides is 1. The van der Waals surface area contributed by atoms with E-state index in [1.807, 2.05) is 25.1 Å². The maximum Gasteiger partial charge on any atom is 0.257 e. The molecule has 118 valence electrons. The highest BCUT2D eigenvalue weighted by molar-refractivity contribution is 5.77. The van der Waals surface area contributed by atoms with Crippen LogP contribution in [0.4, 0.5) is 0 Å². The SMILES string of the molecule is CCCNC(=O)COc1cc(CNC(C)C)ccc1OC. The summed E-state index contributed by atoms with van der Waals surface area (Å²) in [5.74, 6) is 1.10. The Hall–Kier alpha value is -1.75. The van der Waals surface area contributed by atoms with Crippen LogP contribution in [0.25, 0.3) is 0 Å². The molecule has 1 aromatic carbocycles. The number of hydrogen-bond donors (Lipinski definition) is 2. The zero-order chi connectivity index (χ0) is 15.7. The molecule has 0 aliphatic carbocycles. The van der Waals surface area contributed by atoms with Crippen molar-refractivity contribution < 1.29 is 14.3 Å². The largest absolute Gasteiger partial charge is 0.493 e. The van der Waals surface area contributed by atoms with Gasteiger partial charge in [-0.1, -0.05) is 26.8 Å². The Labute approximate surface area is 127 Å². The van der Waals surface area contributed by atoms with Gasteiger partial charge in [0.15, 0.2) is 18.1 Å². The molecule has 0 saturated heterocycles. The van der Waals surface area contributed by atoms with Crippen molar-refractivity contribution in [2.45, 2.75) is 39.8 Å². The van der Waals surface area contributed by atoms with Crippen LogP contribution in [-0.4, -0.2) is 32.2 Å². The molecule has 0 fully saturated rings. The van der Waals surface area contributed by atoms with Crippen molar-refractivity contribution in [1.29, 1.82) is 0 Å². The summed E-state index contributed by atoms with van der Waals surface area (Å²) in [5, 5.41) is 6.12. The second-order valence-corrected chi connectivity index (χ2v) is 5.16. The topological polar surface area (TPSA) is 59.6 Å². The van der Waals surface area contributed by atoms with E-state index in [9.17, 15) is 4.79 Å². The fraction of sp³-hybridized carbons (Fsp3) is 0.562. The van der Waals surface area contributed by atoms with Crippen LogP contribution in [0.3, 0.4) is 0 Å². The molecule has 0 saturated carbocycles. The third-order valence-electron chi connectivity index (χ3n) is 2.87. The minimum Gasteiger partial charge on any atom is -0.493 e. The molecular weight excluding hydrogens is 268 g/mol. The molecule has 0 heterocycles. The van der Waals surface area contributed by atoms with E-state index in [1.165, 1.54) is 0 Å². The summed E-state index contributed by atoms with van der Waals surface area (Å²) >= 11 is 0. The van der Waals surface area contributed by atoms with Crippen molar-refractivity contribution in [3.8, 4) is 11.5 Å². The third kappa shape index (κ3) is 6.49. The quantitative estimate of drug-likeness (QED) is 0.732. The number of hydrogen-bond acceptors (Lipinski definition) is 4. The minimum atomic E-state index is -0.121. The van der Waals surface area contributed by atoms with E-state index in [-0.39, 0.29) is 12.5 Å². The maximum atomic E-state index is 11.6. The van der Waals surface area contributed by atoms with Crippen LogP contribution >= 0.6 is 0 Å². The molecule has 0 bridgehead atoms. The zero-order valence-electron chi connectivity index (χ0n) is 13.4. The van der Waals surface area contributed by atoms with Crippen LogP contribution in [-0.2, 0) is 11.3 Å². The van der Waals surface area contributed by atoms with Gasteiger partial charge >= 0.3 is 0 Å². The minimum absolute atomic E-state index is 0.00256. The van der Waals surface area contributed by atoms with Gasteiger partial charge in [0.05, 0.1) is 7.11 Å². The van der Waals surface area contributed by atoms with E-state index in [2.05, 4.69) is 24.5 Å². The lowest BCUT2D eigenvalue weighted by atomic mass is 10.2. The lowest BCUT2D eigenvalue weighted by Gasteiger charge is -2.13. The van der Waals surface area contributed by atoms with E-state index in [1.54, 1.807) is 7.11 Å². The van der Waals surface area contributed by atoms with Crippen LogP contribution in [0.1, 0.15) is 32.8 Å². The first-order valence-electron chi connectivity index (χ1n) is 7.36. The normalized spacial score (nSPS) is 10.5. The zero-order valence-corrected chi connectivity index (χ0v) is 13.4. The van der Waals surface area contributed by atoms with Crippen molar-refractivity contribution in [1.82, 2.24) is 10.6 Å². The molecule has 0 aliphatic heterocycles. The summed E-state index contributed by atoms with van der Waals surface area (Å²) in [6, 6.07) is 6.16.